The van der Waals surface area contributed by atoms with E-state index in [4.69, 9.17) is 4.74 Å². The molecule has 16 heavy (non-hydrogen) atoms. The van der Waals surface area contributed by atoms with Crippen LogP contribution in [0.3, 0.4) is 0 Å². The quantitative estimate of drug-likeness (QED) is 0.622. The predicted molar refractivity (Wildman–Crippen MR) is 76.2 cm³/mol. The van der Waals surface area contributed by atoms with Crippen LogP contribution in [0.1, 0.15) is 54.4 Å². The Bertz CT molecular complexity index is 210. The lowest BCUT2D eigenvalue weighted by Crippen LogP contribution is -2.41. The third-order valence-corrected chi connectivity index (χ3v) is 11.7. The van der Waals surface area contributed by atoms with Crippen LogP contribution in [0.25, 0.3) is 0 Å². The van der Waals surface area contributed by atoms with Crippen molar-refractivity contribution in [1.82, 2.24) is 0 Å². The van der Waals surface area contributed by atoms with Crippen molar-refractivity contribution in [3.8, 4) is 0 Å². The van der Waals surface area contributed by atoms with E-state index in [0.717, 1.165) is 0 Å². The molecule has 0 N–H and O–H groups in total. The molecule has 96 valence electrons. The van der Waals surface area contributed by atoms with Crippen LogP contribution in [0.4, 0.5) is 0 Å². The molecule has 1 rings (SSSR count). The first-order valence-corrected chi connectivity index (χ1v) is 8.70. The van der Waals surface area contributed by atoms with Gasteiger partial charge in [-0.2, -0.15) is 0 Å². The van der Waals surface area contributed by atoms with Crippen LogP contribution in [0.5, 0.6) is 0 Å². The van der Waals surface area contributed by atoms with E-state index in [2.05, 4.69) is 41.5 Å². The second kappa shape index (κ2) is 4.58. The zero-order valence-electron chi connectivity index (χ0n) is 12.3. The second-order valence-corrected chi connectivity index (χ2v) is 12.7. The zero-order chi connectivity index (χ0) is 12.6. The molecule has 1 aliphatic heterocycles. The molecule has 1 heterocycles. The Morgan fingerprint density at radius 2 is 1.25 bits per heavy atom. The summed E-state index contributed by atoms with van der Waals surface area (Å²) < 4.78 is 5.53. The Labute approximate surface area is 103 Å². The van der Waals surface area contributed by atoms with E-state index in [1.807, 2.05) is 7.11 Å². The van der Waals surface area contributed by atoms with Crippen LogP contribution >= 0.6 is 7.26 Å². The molecule has 1 nitrogen and oxygen atoms in total. The van der Waals surface area contributed by atoms with Gasteiger partial charge in [0.15, 0.2) is 0 Å². The zero-order valence-corrected chi connectivity index (χ0v) is 13.2. The van der Waals surface area contributed by atoms with Gasteiger partial charge in [0.05, 0.1) is 28.7 Å². The molecule has 0 radical (unpaired) electrons. The molecule has 2 heteroatoms. The summed E-state index contributed by atoms with van der Waals surface area (Å²) in [5, 5.41) is 0.980. The summed E-state index contributed by atoms with van der Waals surface area (Å²) in [7, 11) is 0.977. The summed E-state index contributed by atoms with van der Waals surface area (Å²) in [6.45, 7) is 14.7. The normalized spacial score (nSPS) is 23.4. The Hall–Kier alpha value is 0.390. The summed E-state index contributed by atoms with van der Waals surface area (Å²) in [6, 6.07) is 0. The summed E-state index contributed by atoms with van der Waals surface area (Å²) in [4.78, 5) is 0. The minimum atomic E-state index is -0.888. The van der Waals surface area contributed by atoms with Gasteiger partial charge in [-0.15, -0.1) is 0 Å². The summed E-state index contributed by atoms with van der Waals surface area (Å²) >= 11 is 0. The Balaban J connectivity index is 2.93. The fraction of sp³-hybridized carbons (Fsp3) is 1.00. The van der Waals surface area contributed by atoms with E-state index < -0.39 is 7.26 Å². The van der Waals surface area contributed by atoms with Gasteiger partial charge in [0.25, 0.3) is 0 Å². The van der Waals surface area contributed by atoms with E-state index in [0.29, 0.717) is 16.4 Å². The van der Waals surface area contributed by atoms with Crippen LogP contribution in [-0.4, -0.2) is 35.8 Å². The molecular formula is C14H30OP+. The monoisotopic (exact) mass is 245 g/mol. The fourth-order valence-corrected chi connectivity index (χ4v) is 9.95. The first-order valence-electron chi connectivity index (χ1n) is 6.54. The van der Waals surface area contributed by atoms with Gasteiger partial charge in [0.1, 0.15) is 0 Å². The Morgan fingerprint density at radius 3 is 1.50 bits per heavy atom. The minimum Gasteiger partial charge on any atom is -0.381 e. The topological polar surface area (TPSA) is 9.23 Å². The highest BCUT2D eigenvalue weighted by molar-refractivity contribution is 7.78. The second-order valence-electron chi connectivity index (χ2n) is 7.19. The minimum absolute atomic E-state index is 0.490. The molecule has 0 amide bonds. The third kappa shape index (κ3) is 2.46. The Morgan fingerprint density at radius 1 is 0.875 bits per heavy atom. The number of rotatable bonds is 1. The van der Waals surface area contributed by atoms with Crippen molar-refractivity contribution in [3.05, 3.63) is 0 Å². The summed E-state index contributed by atoms with van der Waals surface area (Å²) in [5.74, 6) is 0. The maximum absolute atomic E-state index is 5.53. The van der Waals surface area contributed by atoms with Gasteiger partial charge >= 0.3 is 0 Å². The van der Waals surface area contributed by atoms with Crippen LogP contribution in [0, 0.1) is 0 Å². The summed E-state index contributed by atoms with van der Waals surface area (Å²) in [5.41, 5.74) is 0. The molecule has 1 aliphatic rings. The Kier molecular flexibility index (Phi) is 4.13. The van der Waals surface area contributed by atoms with Crippen LogP contribution in [0.15, 0.2) is 0 Å². The average Bonchev–Trinajstić information content (AvgIpc) is 2.14. The molecule has 0 saturated carbocycles. The number of hydrogen-bond acceptors (Lipinski definition) is 1. The van der Waals surface area contributed by atoms with E-state index in [1.54, 1.807) is 0 Å². The first kappa shape index (κ1) is 14.5. The standard InChI is InChI=1S/C14H30OP/c1-13(2,3)16(14(4,5)6)10-8-12(15-7)9-11-16/h12H,8-11H2,1-7H3/q+1. The number of hydrogen-bond donors (Lipinski definition) is 0. The summed E-state index contributed by atoms with van der Waals surface area (Å²) in [6.07, 6.45) is 5.91. The van der Waals surface area contributed by atoms with Gasteiger partial charge in [0, 0.05) is 27.2 Å². The largest absolute Gasteiger partial charge is 0.381 e. The molecule has 0 spiro atoms. The molecule has 0 aromatic carbocycles. The fourth-order valence-electron chi connectivity index (χ4n) is 3.57. The van der Waals surface area contributed by atoms with Crippen LogP contribution in [0.2, 0.25) is 0 Å². The lowest BCUT2D eigenvalue weighted by Gasteiger charge is -2.50. The van der Waals surface area contributed by atoms with Crippen LogP contribution in [-0.2, 0) is 4.74 Å². The van der Waals surface area contributed by atoms with Gasteiger partial charge in [-0.3, -0.25) is 0 Å². The lowest BCUT2D eigenvalue weighted by atomic mass is 10.2. The highest BCUT2D eigenvalue weighted by atomic mass is 31.2. The van der Waals surface area contributed by atoms with Crippen molar-refractivity contribution in [1.29, 1.82) is 0 Å². The molecular weight excluding hydrogens is 215 g/mol. The SMILES string of the molecule is COC1CC[P+](C(C)(C)C)(C(C)(C)C)CC1. The average molecular weight is 245 g/mol. The highest BCUT2D eigenvalue weighted by Crippen LogP contribution is 2.78. The van der Waals surface area contributed by atoms with Crippen molar-refractivity contribution in [3.63, 3.8) is 0 Å². The third-order valence-electron chi connectivity index (χ3n) is 4.57. The van der Waals surface area contributed by atoms with Crippen molar-refractivity contribution in [2.45, 2.75) is 70.8 Å². The van der Waals surface area contributed by atoms with E-state index in [9.17, 15) is 0 Å². The number of methoxy groups -OCH3 is 1. The number of ether oxygens (including phenoxy) is 1. The molecule has 0 aromatic heterocycles. The van der Waals surface area contributed by atoms with Crippen molar-refractivity contribution in [2.24, 2.45) is 0 Å². The highest BCUT2D eigenvalue weighted by Gasteiger charge is 2.58. The van der Waals surface area contributed by atoms with E-state index in [1.165, 1.54) is 25.2 Å². The maximum atomic E-state index is 5.53. The van der Waals surface area contributed by atoms with E-state index in [-0.39, 0.29) is 0 Å². The van der Waals surface area contributed by atoms with Crippen molar-refractivity contribution >= 4 is 7.26 Å². The predicted octanol–water partition coefficient (Wildman–Crippen LogP) is 4.41. The first-order chi connectivity index (χ1) is 7.14. The van der Waals surface area contributed by atoms with Gasteiger partial charge < -0.3 is 4.74 Å². The van der Waals surface area contributed by atoms with Crippen molar-refractivity contribution in [2.75, 3.05) is 19.4 Å². The van der Waals surface area contributed by atoms with Gasteiger partial charge in [-0.1, -0.05) is 0 Å². The van der Waals surface area contributed by atoms with Crippen LogP contribution < -0.4 is 0 Å². The van der Waals surface area contributed by atoms with Gasteiger partial charge in [-0.05, 0) is 41.5 Å². The molecule has 0 unspecified atom stereocenters. The molecule has 0 bridgehead atoms. The molecule has 0 aliphatic carbocycles. The van der Waals surface area contributed by atoms with Gasteiger partial charge in [-0.25, -0.2) is 0 Å². The lowest BCUT2D eigenvalue weighted by molar-refractivity contribution is 0.0940. The molecule has 1 saturated heterocycles. The smallest absolute Gasteiger partial charge is 0.0720 e. The molecule has 1 fully saturated rings. The maximum Gasteiger partial charge on any atom is 0.0720 e. The molecule has 0 atom stereocenters. The van der Waals surface area contributed by atoms with E-state index >= 15 is 0 Å². The van der Waals surface area contributed by atoms with Gasteiger partial charge in [0.2, 0.25) is 0 Å². The molecule has 0 aromatic rings. The van der Waals surface area contributed by atoms with Crippen molar-refractivity contribution < 1.29 is 4.74 Å².